The van der Waals surface area contributed by atoms with Crippen molar-refractivity contribution in [3.8, 4) is 0 Å². The van der Waals surface area contributed by atoms with Crippen molar-refractivity contribution in [1.82, 2.24) is 9.78 Å². The molecular formula is C9H12N2O2. The van der Waals surface area contributed by atoms with Crippen LogP contribution in [0.4, 0.5) is 0 Å². The fourth-order valence-corrected chi connectivity index (χ4v) is 0.999. The maximum absolute atomic E-state index is 11.4. The Labute approximate surface area is 76.6 Å². The summed E-state index contributed by atoms with van der Waals surface area (Å²) in [6.45, 7) is 1.48. The molecule has 0 aliphatic carbocycles. The average Bonchev–Trinajstić information content (AvgIpc) is 2.47. The van der Waals surface area contributed by atoms with Crippen molar-refractivity contribution < 1.29 is 9.59 Å². The standard InChI is InChI=1S/C9H12N2O2/c1-7(12)3-4-9(13)8-5-10-11(2)6-8/h5-6H,3-4H2,1-2H3. The first-order valence-electron chi connectivity index (χ1n) is 4.11. The minimum absolute atomic E-state index is 0.0247. The summed E-state index contributed by atoms with van der Waals surface area (Å²) >= 11 is 0. The van der Waals surface area contributed by atoms with Gasteiger partial charge in [0.2, 0.25) is 0 Å². The van der Waals surface area contributed by atoms with Crippen molar-refractivity contribution in [2.24, 2.45) is 7.05 Å². The van der Waals surface area contributed by atoms with Crippen LogP contribution in [0.25, 0.3) is 0 Å². The van der Waals surface area contributed by atoms with Gasteiger partial charge in [0.05, 0.1) is 11.8 Å². The molecule has 0 saturated carbocycles. The molecule has 0 N–H and O–H groups in total. The van der Waals surface area contributed by atoms with Gasteiger partial charge in [0.15, 0.2) is 5.78 Å². The molecule has 13 heavy (non-hydrogen) atoms. The first-order valence-corrected chi connectivity index (χ1v) is 4.11. The molecular weight excluding hydrogens is 168 g/mol. The van der Waals surface area contributed by atoms with Crippen molar-refractivity contribution in [3.05, 3.63) is 18.0 Å². The summed E-state index contributed by atoms with van der Waals surface area (Å²) in [5.41, 5.74) is 0.573. The van der Waals surface area contributed by atoms with Crippen molar-refractivity contribution in [3.63, 3.8) is 0 Å². The van der Waals surface area contributed by atoms with E-state index in [9.17, 15) is 9.59 Å². The van der Waals surface area contributed by atoms with Gasteiger partial charge in [0.1, 0.15) is 5.78 Å². The van der Waals surface area contributed by atoms with E-state index in [1.54, 1.807) is 17.9 Å². The zero-order valence-corrected chi connectivity index (χ0v) is 7.78. The van der Waals surface area contributed by atoms with Gasteiger partial charge in [-0.25, -0.2) is 0 Å². The van der Waals surface area contributed by atoms with Gasteiger partial charge in [0, 0.05) is 26.1 Å². The van der Waals surface area contributed by atoms with Crippen LogP contribution < -0.4 is 0 Å². The maximum Gasteiger partial charge on any atom is 0.166 e. The average molecular weight is 180 g/mol. The van der Waals surface area contributed by atoms with Crippen LogP contribution in [0, 0.1) is 0 Å². The highest BCUT2D eigenvalue weighted by molar-refractivity contribution is 5.97. The summed E-state index contributed by atoms with van der Waals surface area (Å²) in [7, 11) is 1.75. The van der Waals surface area contributed by atoms with Gasteiger partial charge in [-0.05, 0) is 6.92 Å². The molecule has 1 heterocycles. The maximum atomic E-state index is 11.4. The minimum Gasteiger partial charge on any atom is -0.300 e. The van der Waals surface area contributed by atoms with Crippen LogP contribution in [-0.4, -0.2) is 21.3 Å². The second-order valence-corrected chi connectivity index (χ2v) is 3.03. The summed E-state index contributed by atoms with van der Waals surface area (Å²) in [6, 6.07) is 0. The van der Waals surface area contributed by atoms with Crippen molar-refractivity contribution >= 4 is 11.6 Å². The highest BCUT2D eigenvalue weighted by Crippen LogP contribution is 2.03. The Morgan fingerprint density at radius 3 is 2.62 bits per heavy atom. The highest BCUT2D eigenvalue weighted by atomic mass is 16.1. The summed E-state index contributed by atoms with van der Waals surface area (Å²) in [5, 5.41) is 3.88. The number of Topliss-reactive ketones (excluding diaryl/α,β-unsaturated/α-hetero) is 2. The van der Waals surface area contributed by atoms with Gasteiger partial charge in [0.25, 0.3) is 0 Å². The number of hydrogen-bond donors (Lipinski definition) is 0. The number of aryl methyl sites for hydroxylation is 1. The molecule has 4 heteroatoms. The van der Waals surface area contributed by atoms with E-state index in [4.69, 9.17) is 0 Å². The summed E-state index contributed by atoms with van der Waals surface area (Å²) in [5.74, 6) is 0.0144. The Hall–Kier alpha value is -1.45. The molecule has 0 radical (unpaired) electrons. The number of aromatic nitrogens is 2. The van der Waals surface area contributed by atoms with E-state index in [1.807, 2.05) is 0 Å². The van der Waals surface area contributed by atoms with Crippen LogP contribution in [0.5, 0.6) is 0 Å². The van der Waals surface area contributed by atoms with Crippen LogP contribution in [0.15, 0.2) is 12.4 Å². The van der Waals surface area contributed by atoms with E-state index < -0.39 is 0 Å². The minimum atomic E-state index is -0.0247. The molecule has 0 atom stereocenters. The molecule has 0 amide bonds. The smallest absolute Gasteiger partial charge is 0.166 e. The summed E-state index contributed by atoms with van der Waals surface area (Å²) in [4.78, 5) is 22.0. The second-order valence-electron chi connectivity index (χ2n) is 3.03. The zero-order valence-electron chi connectivity index (χ0n) is 7.78. The van der Waals surface area contributed by atoms with E-state index in [-0.39, 0.29) is 18.0 Å². The molecule has 0 spiro atoms. The van der Waals surface area contributed by atoms with E-state index in [0.717, 1.165) is 0 Å². The number of ketones is 2. The van der Waals surface area contributed by atoms with Crippen LogP contribution in [0.1, 0.15) is 30.1 Å². The molecule has 0 bridgehead atoms. The quantitative estimate of drug-likeness (QED) is 0.649. The molecule has 1 aromatic heterocycles. The Bertz CT molecular complexity index is 328. The normalized spacial score (nSPS) is 10.0. The first-order chi connectivity index (χ1) is 6.09. The molecule has 0 aliphatic heterocycles. The van der Waals surface area contributed by atoms with Crippen LogP contribution in [-0.2, 0) is 11.8 Å². The summed E-state index contributed by atoms with van der Waals surface area (Å²) in [6.07, 6.45) is 3.76. The van der Waals surface area contributed by atoms with E-state index in [0.29, 0.717) is 12.0 Å². The molecule has 0 fully saturated rings. The van der Waals surface area contributed by atoms with Crippen molar-refractivity contribution in [1.29, 1.82) is 0 Å². The number of nitrogens with zero attached hydrogens (tertiary/aromatic N) is 2. The second kappa shape index (κ2) is 3.98. The van der Waals surface area contributed by atoms with E-state index in [2.05, 4.69) is 5.10 Å². The highest BCUT2D eigenvalue weighted by Gasteiger charge is 2.08. The Morgan fingerprint density at radius 2 is 2.15 bits per heavy atom. The van der Waals surface area contributed by atoms with Crippen LogP contribution in [0.3, 0.4) is 0 Å². The SMILES string of the molecule is CC(=O)CCC(=O)c1cnn(C)c1. The fraction of sp³-hybridized carbons (Fsp3) is 0.444. The van der Waals surface area contributed by atoms with Crippen molar-refractivity contribution in [2.45, 2.75) is 19.8 Å². The largest absolute Gasteiger partial charge is 0.300 e. The predicted octanol–water partition coefficient (Wildman–Crippen LogP) is 0.972. The Balaban J connectivity index is 2.54. The Kier molecular flexibility index (Phi) is 2.95. The third-order valence-corrected chi connectivity index (χ3v) is 1.73. The molecule has 0 unspecified atom stereocenters. The number of rotatable bonds is 4. The number of carbonyl (C=O) groups excluding carboxylic acids is 2. The molecule has 70 valence electrons. The number of hydrogen-bond acceptors (Lipinski definition) is 3. The third kappa shape index (κ3) is 2.82. The van der Waals surface area contributed by atoms with E-state index in [1.165, 1.54) is 13.1 Å². The van der Waals surface area contributed by atoms with Crippen LogP contribution in [0.2, 0.25) is 0 Å². The van der Waals surface area contributed by atoms with Gasteiger partial charge < -0.3 is 4.79 Å². The third-order valence-electron chi connectivity index (χ3n) is 1.73. The lowest BCUT2D eigenvalue weighted by Crippen LogP contribution is -2.01. The molecule has 4 nitrogen and oxygen atoms in total. The lowest BCUT2D eigenvalue weighted by Gasteiger charge is -1.93. The Morgan fingerprint density at radius 1 is 1.46 bits per heavy atom. The number of carbonyl (C=O) groups is 2. The van der Waals surface area contributed by atoms with Gasteiger partial charge >= 0.3 is 0 Å². The fourth-order valence-electron chi connectivity index (χ4n) is 0.999. The topological polar surface area (TPSA) is 52.0 Å². The lowest BCUT2D eigenvalue weighted by atomic mass is 10.1. The predicted molar refractivity (Wildman–Crippen MR) is 47.5 cm³/mol. The van der Waals surface area contributed by atoms with Gasteiger partial charge in [-0.15, -0.1) is 0 Å². The van der Waals surface area contributed by atoms with Gasteiger partial charge in [-0.1, -0.05) is 0 Å². The van der Waals surface area contributed by atoms with Gasteiger partial charge in [-0.3, -0.25) is 9.48 Å². The molecule has 1 rings (SSSR count). The monoisotopic (exact) mass is 180 g/mol. The lowest BCUT2D eigenvalue weighted by molar-refractivity contribution is -0.116. The van der Waals surface area contributed by atoms with Crippen molar-refractivity contribution in [2.75, 3.05) is 0 Å². The molecule has 0 aromatic carbocycles. The zero-order chi connectivity index (χ0) is 9.84. The summed E-state index contributed by atoms with van der Waals surface area (Å²) < 4.78 is 1.57. The van der Waals surface area contributed by atoms with E-state index >= 15 is 0 Å². The van der Waals surface area contributed by atoms with Gasteiger partial charge in [-0.2, -0.15) is 5.10 Å². The van der Waals surface area contributed by atoms with Crippen LogP contribution >= 0.6 is 0 Å². The molecule has 1 aromatic rings. The molecule has 0 saturated heterocycles. The molecule has 0 aliphatic rings. The first kappa shape index (κ1) is 9.64.